The number of carbonyl (C=O) groups is 2. The summed E-state index contributed by atoms with van der Waals surface area (Å²) in [5, 5.41) is 11.8. The minimum Gasteiger partial charge on any atom is -0.352 e. The summed E-state index contributed by atoms with van der Waals surface area (Å²) in [5.41, 5.74) is 0.496. The minimum absolute atomic E-state index is 0.114. The van der Waals surface area contributed by atoms with Crippen LogP contribution in [0.5, 0.6) is 0 Å². The highest BCUT2D eigenvalue weighted by Crippen LogP contribution is 2.49. The van der Waals surface area contributed by atoms with Gasteiger partial charge in [-0.05, 0) is 36.8 Å². The zero-order valence-electron chi connectivity index (χ0n) is 11.4. The molecule has 2 aliphatic carbocycles. The molecule has 0 spiro atoms. The van der Waals surface area contributed by atoms with Crippen molar-refractivity contribution in [3.8, 4) is 6.07 Å². The van der Waals surface area contributed by atoms with Crippen molar-refractivity contribution in [1.29, 1.82) is 5.26 Å². The lowest BCUT2D eigenvalue weighted by molar-refractivity contribution is -0.132. The first kappa shape index (κ1) is 13.7. The average molecular weight is 286 g/mol. The first-order valence-corrected chi connectivity index (χ1v) is 7.10. The minimum atomic E-state index is -1.27. The Balaban J connectivity index is 1.67. The molecule has 5 heteroatoms. The number of hydrogen-bond donors (Lipinski definition) is 1. The van der Waals surface area contributed by atoms with Gasteiger partial charge in [0.05, 0.1) is 6.07 Å². The Labute approximate surface area is 122 Å². The molecule has 3 atom stereocenters. The van der Waals surface area contributed by atoms with E-state index in [1.807, 2.05) is 0 Å². The van der Waals surface area contributed by atoms with E-state index in [1.54, 1.807) is 24.3 Å². The molecule has 1 aromatic rings. The van der Waals surface area contributed by atoms with Gasteiger partial charge >= 0.3 is 0 Å². The van der Waals surface area contributed by atoms with Crippen LogP contribution in [0.25, 0.3) is 0 Å². The summed E-state index contributed by atoms with van der Waals surface area (Å²) in [5.74, 6) is -3.13. The highest BCUT2D eigenvalue weighted by molar-refractivity contribution is 6.06. The molecule has 3 rings (SSSR count). The SMILES string of the molecule is N#C[C@H](C(=O)NC1CC1)C(=O)[C@@H]1C[C@H]1c1ccccc1F. The van der Waals surface area contributed by atoms with Gasteiger partial charge in [0.1, 0.15) is 5.82 Å². The third-order valence-electron chi connectivity index (χ3n) is 4.06. The molecule has 2 saturated carbocycles. The van der Waals surface area contributed by atoms with Crippen molar-refractivity contribution in [3.63, 3.8) is 0 Å². The van der Waals surface area contributed by atoms with Gasteiger partial charge < -0.3 is 5.32 Å². The fraction of sp³-hybridized carbons (Fsp3) is 0.438. The Morgan fingerprint density at radius 2 is 2.05 bits per heavy atom. The molecule has 0 unspecified atom stereocenters. The molecule has 0 aliphatic heterocycles. The quantitative estimate of drug-likeness (QED) is 0.841. The highest BCUT2D eigenvalue weighted by Gasteiger charge is 2.49. The van der Waals surface area contributed by atoms with Gasteiger partial charge in [-0.2, -0.15) is 5.26 Å². The first-order chi connectivity index (χ1) is 10.1. The molecule has 108 valence electrons. The van der Waals surface area contributed by atoms with E-state index in [1.165, 1.54) is 6.07 Å². The van der Waals surface area contributed by atoms with Gasteiger partial charge in [0.15, 0.2) is 11.7 Å². The molecule has 1 N–H and O–H groups in total. The number of ketones is 1. The zero-order valence-corrected chi connectivity index (χ0v) is 11.4. The topological polar surface area (TPSA) is 70.0 Å². The second kappa shape index (κ2) is 5.28. The molecule has 4 nitrogen and oxygen atoms in total. The predicted octanol–water partition coefficient (Wildman–Crippen LogP) is 1.92. The molecule has 0 bridgehead atoms. The number of benzene rings is 1. The van der Waals surface area contributed by atoms with Crippen molar-refractivity contribution in [2.45, 2.75) is 31.2 Å². The number of Topliss-reactive ketones (excluding diaryl/α,β-unsaturated/α-hetero) is 1. The third kappa shape index (κ3) is 2.80. The summed E-state index contributed by atoms with van der Waals surface area (Å²) in [6.07, 6.45) is 2.31. The van der Waals surface area contributed by atoms with Crippen LogP contribution in [0.3, 0.4) is 0 Å². The molecule has 21 heavy (non-hydrogen) atoms. The molecular formula is C16H15FN2O2. The van der Waals surface area contributed by atoms with Crippen LogP contribution in [-0.2, 0) is 9.59 Å². The van der Waals surface area contributed by atoms with Crippen LogP contribution in [0.15, 0.2) is 24.3 Å². The lowest BCUT2D eigenvalue weighted by Crippen LogP contribution is -2.36. The van der Waals surface area contributed by atoms with Crippen molar-refractivity contribution in [1.82, 2.24) is 5.32 Å². The van der Waals surface area contributed by atoms with Crippen LogP contribution in [0.4, 0.5) is 4.39 Å². The molecule has 1 aromatic carbocycles. The van der Waals surface area contributed by atoms with Gasteiger partial charge in [-0.1, -0.05) is 18.2 Å². The number of nitrogens with one attached hydrogen (secondary N) is 1. The highest BCUT2D eigenvalue weighted by atomic mass is 19.1. The number of halogens is 1. The second-order valence-corrected chi connectivity index (χ2v) is 5.72. The van der Waals surface area contributed by atoms with Crippen LogP contribution in [0, 0.1) is 29.0 Å². The summed E-state index contributed by atoms with van der Waals surface area (Å²) in [4.78, 5) is 24.1. The van der Waals surface area contributed by atoms with Gasteiger partial charge in [0, 0.05) is 12.0 Å². The van der Waals surface area contributed by atoms with Gasteiger partial charge in [0.25, 0.3) is 0 Å². The molecule has 1 amide bonds. The van der Waals surface area contributed by atoms with Crippen LogP contribution in [0.2, 0.25) is 0 Å². The van der Waals surface area contributed by atoms with Crippen molar-refractivity contribution < 1.29 is 14.0 Å². The Kier molecular flexibility index (Phi) is 3.46. The second-order valence-electron chi connectivity index (χ2n) is 5.72. The maximum absolute atomic E-state index is 13.7. The van der Waals surface area contributed by atoms with E-state index < -0.39 is 17.7 Å². The molecular weight excluding hydrogens is 271 g/mol. The van der Waals surface area contributed by atoms with E-state index in [0.717, 1.165) is 12.8 Å². The fourth-order valence-electron chi connectivity index (χ4n) is 2.61. The van der Waals surface area contributed by atoms with Crippen molar-refractivity contribution in [2.24, 2.45) is 11.8 Å². The normalized spacial score (nSPS) is 24.8. The number of nitrogens with zero attached hydrogens (tertiary/aromatic N) is 1. The third-order valence-corrected chi connectivity index (χ3v) is 4.06. The van der Waals surface area contributed by atoms with Crippen molar-refractivity contribution >= 4 is 11.7 Å². The summed E-state index contributed by atoms with van der Waals surface area (Å²) in [6, 6.07) is 8.23. The lowest BCUT2D eigenvalue weighted by Gasteiger charge is -2.08. The van der Waals surface area contributed by atoms with Gasteiger partial charge in [-0.3, -0.25) is 9.59 Å². The predicted molar refractivity (Wildman–Crippen MR) is 72.5 cm³/mol. The Morgan fingerprint density at radius 3 is 2.67 bits per heavy atom. The van der Waals surface area contributed by atoms with E-state index in [-0.39, 0.29) is 23.6 Å². The summed E-state index contributed by atoms with van der Waals surface area (Å²) < 4.78 is 13.7. The Hall–Kier alpha value is -2.22. The zero-order chi connectivity index (χ0) is 15.0. The molecule has 0 saturated heterocycles. The number of carbonyl (C=O) groups excluding carboxylic acids is 2. The summed E-state index contributed by atoms with van der Waals surface area (Å²) >= 11 is 0. The number of amides is 1. The van der Waals surface area contributed by atoms with Gasteiger partial charge in [-0.25, -0.2) is 4.39 Å². The maximum atomic E-state index is 13.7. The molecule has 0 aromatic heterocycles. The Morgan fingerprint density at radius 1 is 1.33 bits per heavy atom. The smallest absolute Gasteiger partial charge is 0.245 e. The molecule has 2 fully saturated rings. The van der Waals surface area contributed by atoms with Gasteiger partial charge in [0.2, 0.25) is 5.91 Å². The van der Waals surface area contributed by atoms with Crippen LogP contribution >= 0.6 is 0 Å². The summed E-state index contributed by atoms with van der Waals surface area (Å²) in [6.45, 7) is 0. The van der Waals surface area contributed by atoms with E-state index in [9.17, 15) is 14.0 Å². The van der Waals surface area contributed by atoms with E-state index in [0.29, 0.717) is 12.0 Å². The fourth-order valence-corrected chi connectivity index (χ4v) is 2.61. The van der Waals surface area contributed by atoms with Crippen LogP contribution in [-0.4, -0.2) is 17.7 Å². The van der Waals surface area contributed by atoms with E-state index >= 15 is 0 Å². The Bertz CT molecular complexity index is 633. The summed E-state index contributed by atoms with van der Waals surface area (Å²) in [7, 11) is 0. The first-order valence-electron chi connectivity index (χ1n) is 7.10. The largest absolute Gasteiger partial charge is 0.352 e. The number of nitriles is 1. The monoisotopic (exact) mass is 286 g/mol. The number of hydrogen-bond acceptors (Lipinski definition) is 3. The van der Waals surface area contributed by atoms with Crippen LogP contribution in [0.1, 0.15) is 30.7 Å². The molecule has 0 radical (unpaired) electrons. The standard InChI is InChI=1S/C16H15FN2O2/c17-14-4-2-1-3-10(14)11-7-12(11)15(20)13(8-18)16(21)19-9-5-6-9/h1-4,9,11-13H,5-7H2,(H,19,21)/t11-,12+,13-/m0/s1. The maximum Gasteiger partial charge on any atom is 0.245 e. The van der Waals surface area contributed by atoms with Crippen LogP contribution < -0.4 is 5.32 Å². The molecule has 2 aliphatic rings. The average Bonchev–Trinajstić information content (AvgIpc) is 3.34. The van der Waals surface area contributed by atoms with E-state index in [2.05, 4.69) is 5.32 Å². The number of rotatable bonds is 5. The van der Waals surface area contributed by atoms with Crippen molar-refractivity contribution in [2.75, 3.05) is 0 Å². The van der Waals surface area contributed by atoms with E-state index in [4.69, 9.17) is 5.26 Å². The van der Waals surface area contributed by atoms with Gasteiger partial charge in [-0.15, -0.1) is 0 Å². The molecule has 0 heterocycles. The van der Waals surface area contributed by atoms with Crippen molar-refractivity contribution in [3.05, 3.63) is 35.6 Å². The lowest BCUT2D eigenvalue weighted by atomic mass is 9.98.